The highest BCUT2D eigenvalue weighted by atomic mass is 16.6. The average molecular weight is 326 g/mol. The fraction of sp³-hybridized carbons (Fsp3) is 0.944. The zero-order valence-corrected chi connectivity index (χ0v) is 15.1. The molecule has 2 aliphatic heterocycles. The highest BCUT2D eigenvalue weighted by Crippen LogP contribution is 2.30. The summed E-state index contributed by atoms with van der Waals surface area (Å²) >= 11 is 0. The third-order valence-electron chi connectivity index (χ3n) is 4.92. The first kappa shape index (κ1) is 18.5. The van der Waals surface area contributed by atoms with Crippen LogP contribution in [0.5, 0.6) is 0 Å². The van der Waals surface area contributed by atoms with Gasteiger partial charge in [0.25, 0.3) is 0 Å². The highest BCUT2D eigenvalue weighted by molar-refractivity contribution is 5.68. The zero-order chi connectivity index (χ0) is 16.9. The first-order chi connectivity index (χ1) is 10.9. The number of ether oxygens (including phenoxy) is 1. The van der Waals surface area contributed by atoms with Gasteiger partial charge in [-0.3, -0.25) is 4.90 Å². The van der Waals surface area contributed by atoms with Gasteiger partial charge in [-0.1, -0.05) is 6.42 Å². The van der Waals surface area contributed by atoms with Crippen molar-refractivity contribution in [1.82, 2.24) is 9.80 Å². The minimum Gasteiger partial charge on any atom is -0.444 e. The van der Waals surface area contributed by atoms with Crippen LogP contribution in [0.4, 0.5) is 4.79 Å². The molecule has 23 heavy (non-hydrogen) atoms. The second-order valence-electron chi connectivity index (χ2n) is 8.00. The maximum atomic E-state index is 12.4. The first-order valence-corrected chi connectivity index (χ1v) is 9.23. The molecule has 5 nitrogen and oxygen atoms in total. The molecular formula is C18H34N2O3. The van der Waals surface area contributed by atoms with Crippen LogP contribution in [-0.2, 0) is 4.74 Å². The SMILES string of the molecule is CC(C)(C)OC(=O)N1CCC[C@@H]([C@H]2CCCCN2CCCO)C1. The van der Waals surface area contributed by atoms with Crippen molar-refractivity contribution in [2.75, 3.05) is 32.8 Å². The predicted octanol–water partition coefficient (Wildman–Crippen LogP) is 2.87. The number of aliphatic hydroxyl groups is 1. The molecule has 5 heteroatoms. The van der Waals surface area contributed by atoms with Crippen LogP contribution in [0.15, 0.2) is 0 Å². The molecule has 2 saturated heterocycles. The lowest BCUT2D eigenvalue weighted by atomic mass is 9.84. The summed E-state index contributed by atoms with van der Waals surface area (Å²) in [4.78, 5) is 16.8. The molecule has 2 rings (SSSR count). The number of piperidine rings is 2. The van der Waals surface area contributed by atoms with E-state index in [2.05, 4.69) is 4.90 Å². The number of aliphatic hydroxyl groups excluding tert-OH is 1. The fourth-order valence-corrected chi connectivity index (χ4v) is 3.92. The summed E-state index contributed by atoms with van der Waals surface area (Å²) in [5.74, 6) is 0.537. The Morgan fingerprint density at radius 2 is 1.96 bits per heavy atom. The van der Waals surface area contributed by atoms with Gasteiger partial charge in [-0.25, -0.2) is 4.79 Å². The van der Waals surface area contributed by atoms with Crippen molar-refractivity contribution < 1.29 is 14.6 Å². The molecule has 134 valence electrons. The quantitative estimate of drug-likeness (QED) is 0.863. The van der Waals surface area contributed by atoms with Crippen molar-refractivity contribution in [2.45, 2.75) is 70.9 Å². The van der Waals surface area contributed by atoms with E-state index in [1.807, 2.05) is 25.7 Å². The van der Waals surface area contributed by atoms with Crippen molar-refractivity contribution in [3.05, 3.63) is 0 Å². The van der Waals surface area contributed by atoms with Crippen molar-refractivity contribution in [3.8, 4) is 0 Å². The molecule has 1 N–H and O–H groups in total. The summed E-state index contributed by atoms with van der Waals surface area (Å²) in [5.41, 5.74) is -0.429. The standard InChI is InChI=1S/C18H34N2O3/c1-18(2,3)23-17(22)20-11-6-8-15(14-20)16-9-4-5-10-19(16)12-7-13-21/h15-16,21H,4-14H2,1-3H3/t15-,16-/m1/s1. The molecule has 0 aromatic carbocycles. The molecule has 2 heterocycles. The minimum atomic E-state index is -0.429. The maximum absolute atomic E-state index is 12.4. The van der Waals surface area contributed by atoms with Crippen LogP contribution >= 0.6 is 0 Å². The van der Waals surface area contributed by atoms with E-state index in [-0.39, 0.29) is 12.7 Å². The molecule has 0 saturated carbocycles. The Kier molecular flexibility index (Phi) is 6.72. The zero-order valence-electron chi connectivity index (χ0n) is 15.1. The molecule has 0 unspecified atom stereocenters. The topological polar surface area (TPSA) is 53.0 Å². The van der Waals surface area contributed by atoms with Crippen molar-refractivity contribution in [2.24, 2.45) is 5.92 Å². The Morgan fingerprint density at radius 1 is 1.17 bits per heavy atom. The number of likely N-dealkylation sites (tertiary alicyclic amines) is 2. The van der Waals surface area contributed by atoms with E-state index >= 15 is 0 Å². The van der Waals surface area contributed by atoms with Crippen LogP contribution in [0.2, 0.25) is 0 Å². The third kappa shape index (κ3) is 5.64. The molecule has 0 bridgehead atoms. The van der Waals surface area contributed by atoms with Crippen LogP contribution < -0.4 is 0 Å². The third-order valence-corrected chi connectivity index (χ3v) is 4.92. The molecule has 0 aromatic rings. The van der Waals surface area contributed by atoms with Gasteiger partial charge >= 0.3 is 6.09 Å². The van der Waals surface area contributed by atoms with Gasteiger partial charge in [-0.05, 0) is 65.3 Å². The molecule has 0 radical (unpaired) electrons. The highest BCUT2D eigenvalue weighted by Gasteiger charge is 2.35. The van der Waals surface area contributed by atoms with Crippen molar-refractivity contribution >= 4 is 6.09 Å². The molecule has 0 spiro atoms. The van der Waals surface area contributed by atoms with Crippen LogP contribution in [0.1, 0.15) is 59.3 Å². The predicted molar refractivity (Wildman–Crippen MR) is 91.4 cm³/mol. The second-order valence-corrected chi connectivity index (χ2v) is 8.00. The van der Waals surface area contributed by atoms with E-state index in [1.165, 1.54) is 25.7 Å². The molecule has 2 fully saturated rings. The summed E-state index contributed by atoms with van der Waals surface area (Å²) in [5, 5.41) is 9.12. The van der Waals surface area contributed by atoms with Crippen LogP contribution in [0.3, 0.4) is 0 Å². The molecule has 0 aliphatic carbocycles. The van der Waals surface area contributed by atoms with Crippen LogP contribution in [-0.4, -0.2) is 65.4 Å². The summed E-state index contributed by atoms with van der Waals surface area (Å²) in [6, 6.07) is 0.556. The van der Waals surface area contributed by atoms with Gasteiger partial charge in [0.15, 0.2) is 0 Å². The van der Waals surface area contributed by atoms with Gasteiger partial charge in [-0.15, -0.1) is 0 Å². The first-order valence-electron chi connectivity index (χ1n) is 9.23. The van der Waals surface area contributed by atoms with E-state index in [1.54, 1.807) is 0 Å². The van der Waals surface area contributed by atoms with Crippen molar-refractivity contribution in [1.29, 1.82) is 0 Å². The molecule has 2 aliphatic rings. The van der Waals surface area contributed by atoms with Crippen molar-refractivity contribution in [3.63, 3.8) is 0 Å². The van der Waals surface area contributed by atoms with Gasteiger partial charge in [0.1, 0.15) is 5.60 Å². The summed E-state index contributed by atoms with van der Waals surface area (Å²) < 4.78 is 5.54. The van der Waals surface area contributed by atoms with E-state index in [4.69, 9.17) is 9.84 Å². The second kappa shape index (κ2) is 8.34. The Hall–Kier alpha value is -0.810. The van der Waals surface area contributed by atoms with E-state index in [0.717, 1.165) is 39.0 Å². The minimum absolute atomic E-state index is 0.167. The fourth-order valence-electron chi connectivity index (χ4n) is 3.92. The number of amides is 1. The maximum Gasteiger partial charge on any atom is 0.410 e. The van der Waals surface area contributed by atoms with Crippen LogP contribution in [0, 0.1) is 5.92 Å². The summed E-state index contributed by atoms with van der Waals surface area (Å²) in [6.45, 7) is 9.76. The summed E-state index contributed by atoms with van der Waals surface area (Å²) in [7, 11) is 0. The Bertz CT molecular complexity index is 381. The monoisotopic (exact) mass is 326 g/mol. The van der Waals surface area contributed by atoms with Gasteiger partial charge < -0.3 is 14.7 Å². The molecule has 2 atom stereocenters. The smallest absolute Gasteiger partial charge is 0.410 e. The molecule has 0 aromatic heterocycles. The van der Waals surface area contributed by atoms with Gasteiger partial charge in [0.05, 0.1) is 0 Å². The number of rotatable bonds is 4. The number of carbonyl (C=O) groups is 1. The van der Waals surface area contributed by atoms with E-state index < -0.39 is 5.60 Å². The summed E-state index contributed by atoms with van der Waals surface area (Å²) in [6.07, 6.45) is 6.69. The van der Waals surface area contributed by atoms with Gasteiger partial charge in [-0.2, -0.15) is 0 Å². The number of hydrogen-bond donors (Lipinski definition) is 1. The van der Waals surface area contributed by atoms with E-state index in [9.17, 15) is 4.79 Å². The van der Waals surface area contributed by atoms with E-state index in [0.29, 0.717) is 12.0 Å². The Morgan fingerprint density at radius 3 is 2.65 bits per heavy atom. The number of hydrogen-bond acceptors (Lipinski definition) is 4. The Balaban J connectivity index is 1.94. The number of carbonyl (C=O) groups excluding carboxylic acids is 1. The van der Waals surface area contributed by atoms with Crippen LogP contribution in [0.25, 0.3) is 0 Å². The number of nitrogens with zero attached hydrogens (tertiary/aromatic N) is 2. The average Bonchev–Trinajstić information content (AvgIpc) is 2.52. The lowest BCUT2D eigenvalue weighted by Gasteiger charge is -2.44. The molecular weight excluding hydrogens is 292 g/mol. The lowest BCUT2D eigenvalue weighted by Crippen LogP contribution is -2.51. The van der Waals surface area contributed by atoms with Gasteiger partial charge in [0, 0.05) is 32.3 Å². The van der Waals surface area contributed by atoms with Gasteiger partial charge in [0.2, 0.25) is 0 Å². The lowest BCUT2D eigenvalue weighted by molar-refractivity contribution is 0.00398. The Labute approximate surface area is 141 Å². The normalized spacial score (nSPS) is 27.0. The largest absolute Gasteiger partial charge is 0.444 e. The molecule has 1 amide bonds.